The lowest BCUT2D eigenvalue weighted by atomic mass is 9.77. The number of amides is 1. The first-order valence-corrected chi connectivity index (χ1v) is 11.0. The van der Waals surface area contributed by atoms with Crippen LogP contribution < -0.4 is 10.1 Å². The topological polar surface area (TPSA) is 55.4 Å². The van der Waals surface area contributed by atoms with Gasteiger partial charge in [0.2, 0.25) is 5.91 Å². The van der Waals surface area contributed by atoms with Crippen LogP contribution in [-0.4, -0.2) is 18.1 Å². The minimum Gasteiger partial charge on any atom is -0.406 e. The average molecular weight is 505 g/mol. The number of ether oxygens (including phenoxy) is 1. The van der Waals surface area contributed by atoms with E-state index in [9.17, 15) is 31.5 Å². The molecule has 1 N–H and O–H groups in total. The van der Waals surface area contributed by atoms with Crippen molar-refractivity contribution in [2.45, 2.75) is 39.6 Å². The van der Waals surface area contributed by atoms with E-state index in [2.05, 4.69) is 10.1 Å². The molecule has 190 valence electrons. The van der Waals surface area contributed by atoms with Gasteiger partial charge in [0.05, 0.1) is 11.6 Å². The molecule has 1 unspecified atom stereocenters. The molecule has 0 saturated carbocycles. The Morgan fingerprint density at radius 2 is 1.36 bits per heavy atom. The molecule has 1 amide bonds. The van der Waals surface area contributed by atoms with Crippen LogP contribution in [-0.2, 0) is 4.79 Å². The molecule has 0 heterocycles. The standard InChI is InChI=1S/C27H24F5NO3/c1-16(34)33-23(15-26(2,3)25(35)24-21(28)5-4-6-22(24)29)19-9-7-17(8-10-19)18-11-13-20(14-12-18)36-27(30,31)32/h4-14,23H,15H2,1-3H3,(H,33,34). The molecular weight excluding hydrogens is 481 g/mol. The molecule has 0 aromatic heterocycles. The first kappa shape index (κ1) is 26.8. The number of hydrogen-bond donors (Lipinski definition) is 1. The number of nitrogens with one attached hydrogen (secondary N) is 1. The van der Waals surface area contributed by atoms with Gasteiger partial charge in [0.25, 0.3) is 0 Å². The smallest absolute Gasteiger partial charge is 0.406 e. The van der Waals surface area contributed by atoms with Crippen LogP contribution in [0.3, 0.4) is 0 Å². The van der Waals surface area contributed by atoms with Crippen molar-refractivity contribution in [1.82, 2.24) is 5.32 Å². The van der Waals surface area contributed by atoms with Crippen molar-refractivity contribution in [3.8, 4) is 16.9 Å². The van der Waals surface area contributed by atoms with Crippen molar-refractivity contribution >= 4 is 11.7 Å². The molecule has 3 aromatic rings. The summed E-state index contributed by atoms with van der Waals surface area (Å²) in [6.45, 7) is 4.42. The average Bonchev–Trinajstić information content (AvgIpc) is 2.77. The molecule has 9 heteroatoms. The summed E-state index contributed by atoms with van der Waals surface area (Å²) in [5.74, 6) is -3.34. The number of rotatable bonds is 8. The molecule has 1 atom stereocenters. The number of carbonyl (C=O) groups is 2. The summed E-state index contributed by atoms with van der Waals surface area (Å²) < 4.78 is 69.4. The van der Waals surface area contributed by atoms with Crippen LogP contribution in [0.25, 0.3) is 11.1 Å². The van der Waals surface area contributed by atoms with Crippen LogP contribution in [0.4, 0.5) is 22.0 Å². The fourth-order valence-electron chi connectivity index (χ4n) is 3.91. The SMILES string of the molecule is CC(=O)NC(CC(C)(C)C(=O)c1c(F)cccc1F)c1ccc(-c2ccc(OC(F)(F)F)cc2)cc1. The van der Waals surface area contributed by atoms with E-state index in [1.807, 2.05) is 0 Å². The van der Waals surface area contributed by atoms with E-state index in [1.165, 1.54) is 37.3 Å². The predicted octanol–water partition coefficient (Wildman–Crippen LogP) is 7.01. The third kappa shape index (κ3) is 6.68. The lowest BCUT2D eigenvalue weighted by molar-refractivity contribution is -0.274. The zero-order chi connectivity index (χ0) is 26.7. The van der Waals surface area contributed by atoms with Crippen LogP contribution in [0.1, 0.15) is 49.2 Å². The second kappa shape index (κ2) is 10.5. The van der Waals surface area contributed by atoms with Gasteiger partial charge in [-0.1, -0.05) is 56.3 Å². The molecule has 4 nitrogen and oxygen atoms in total. The maximum Gasteiger partial charge on any atom is 0.573 e. The number of carbonyl (C=O) groups excluding carboxylic acids is 2. The fourth-order valence-corrected chi connectivity index (χ4v) is 3.91. The highest BCUT2D eigenvalue weighted by Gasteiger charge is 2.35. The van der Waals surface area contributed by atoms with Crippen LogP contribution in [0.2, 0.25) is 0 Å². The van der Waals surface area contributed by atoms with Crippen LogP contribution >= 0.6 is 0 Å². The molecule has 0 saturated heterocycles. The van der Waals surface area contributed by atoms with Gasteiger partial charge in [-0.2, -0.15) is 0 Å². The number of benzene rings is 3. The Labute approximate surface area is 205 Å². The summed E-state index contributed by atoms with van der Waals surface area (Å²) in [6, 6.07) is 14.8. The maximum absolute atomic E-state index is 14.2. The lowest BCUT2D eigenvalue weighted by Gasteiger charge is -2.29. The Hall–Kier alpha value is -3.75. The number of hydrogen-bond acceptors (Lipinski definition) is 3. The van der Waals surface area contributed by atoms with Crippen molar-refractivity contribution in [3.05, 3.63) is 89.5 Å². The Morgan fingerprint density at radius 3 is 1.83 bits per heavy atom. The highest BCUT2D eigenvalue weighted by Crippen LogP contribution is 2.35. The first-order chi connectivity index (χ1) is 16.8. The molecule has 0 aliphatic heterocycles. The molecular formula is C27H24F5NO3. The molecule has 3 aromatic carbocycles. The molecule has 0 aliphatic rings. The van der Waals surface area contributed by atoms with Gasteiger partial charge in [0.1, 0.15) is 17.4 Å². The Balaban J connectivity index is 1.83. The third-order valence-corrected chi connectivity index (χ3v) is 5.63. The summed E-state index contributed by atoms with van der Waals surface area (Å²) in [5, 5.41) is 2.77. The first-order valence-electron chi connectivity index (χ1n) is 11.0. The molecule has 0 radical (unpaired) electrons. The summed E-state index contributed by atoms with van der Waals surface area (Å²) in [6.07, 6.45) is -4.73. The maximum atomic E-state index is 14.2. The predicted molar refractivity (Wildman–Crippen MR) is 124 cm³/mol. The van der Waals surface area contributed by atoms with E-state index >= 15 is 0 Å². The number of halogens is 5. The van der Waals surface area contributed by atoms with E-state index in [1.54, 1.807) is 38.1 Å². The van der Waals surface area contributed by atoms with Crippen LogP contribution in [0.5, 0.6) is 5.75 Å². The minimum atomic E-state index is -4.78. The van der Waals surface area contributed by atoms with Crippen molar-refractivity contribution in [2.24, 2.45) is 5.41 Å². The second-order valence-corrected chi connectivity index (χ2v) is 8.96. The van der Waals surface area contributed by atoms with Gasteiger partial charge in [-0.05, 0) is 47.4 Å². The van der Waals surface area contributed by atoms with Crippen molar-refractivity contribution in [1.29, 1.82) is 0 Å². The summed E-state index contributed by atoms with van der Waals surface area (Å²) in [4.78, 5) is 24.9. The summed E-state index contributed by atoms with van der Waals surface area (Å²) in [7, 11) is 0. The van der Waals surface area contributed by atoms with Gasteiger partial charge < -0.3 is 10.1 Å². The van der Waals surface area contributed by atoms with E-state index in [4.69, 9.17) is 0 Å². The van der Waals surface area contributed by atoms with E-state index < -0.39 is 40.8 Å². The normalized spacial score (nSPS) is 12.7. The van der Waals surface area contributed by atoms with Crippen molar-refractivity contribution < 1.29 is 36.3 Å². The highest BCUT2D eigenvalue weighted by atomic mass is 19.4. The van der Waals surface area contributed by atoms with E-state index in [0.29, 0.717) is 16.7 Å². The molecule has 0 aliphatic carbocycles. The molecule has 0 fully saturated rings. The quantitative estimate of drug-likeness (QED) is 0.265. The van der Waals surface area contributed by atoms with Crippen LogP contribution in [0, 0.1) is 17.0 Å². The zero-order valence-electron chi connectivity index (χ0n) is 19.7. The van der Waals surface area contributed by atoms with Gasteiger partial charge >= 0.3 is 6.36 Å². The summed E-state index contributed by atoms with van der Waals surface area (Å²) in [5.41, 5.74) is 0.113. The van der Waals surface area contributed by atoms with Crippen molar-refractivity contribution in [2.75, 3.05) is 0 Å². The largest absolute Gasteiger partial charge is 0.573 e. The molecule has 0 spiro atoms. The summed E-state index contributed by atoms with van der Waals surface area (Å²) >= 11 is 0. The fraction of sp³-hybridized carbons (Fsp3) is 0.259. The third-order valence-electron chi connectivity index (χ3n) is 5.63. The number of ketones is 1. The van der Waals surface area contributed by atoms with Gasteiger partial charge in [0, 0.05) is 12.3 Å². The van der Waals surface area contributed by atoms with Gasteiger partial charge in [0.15, 0.2) is 5.78 Å². The molecule has 36 heavy (non-hydrogen) atoms. The van der Waals surface area contributed by atoms with E-state index in [-0.39, 0.29) is 18.1 Å². The number of Topliss-reactive ketones (excluding diaryl/α,β-unsaturated/α-hetero) is 1. The minimum absolute atomic E-state index is 0.0576. The monoisotopic (exact) mass is 505 g/mol. The van der Waals surface area contributed by atoms with Crippen LogP contribution in [0.15, 0.2) is 66.7 Å². The lowest BCUT2D eigenvalue weighted by Crippen LogP contribution is -2.34. The van der Waals surface area contributed by atoms with Crippen molar-refractivity contribution in [3.63, 3.8) is 0 Å². The Morgan fingerprint density at radius 1 is 0.861 bits per heavy atom. The number of alkyl halides is 3. The molecule has 3 rings (SSSR count). The van der Waals surface area contributed by atoms with Gasteiger partial charge in [-0.25, -0.2) is 8.78 Å². The Kier molecular flexibility index (Phi) is 7.81. The molecule has 0 bridgehead atoms. The highest BCUT2D eigenvalue weighted by molar-refractivity contribution is 6.00. The van der Waals surface area contributed by atoms with Gasteiger partial charge in [-0.15, -0.1) is 13.2 Å². The Bertz CT molecular complexity index is 1220. The second-order valence-electron chi connectivity index (χ2n) is 8.96. The zero-order valence-corrected chi connectivity index (χ0v) is 19.7. The van der Waals surface area contributed by atoms with Gasteiger partial charge in [-0.3, -0.25) is 9.59 Å². The van der Waals surface area contributed by atoms with E-state index in [0.717, 1.165) is 12.1 Å².